The zero-order chi connectivity index (χ0) is 17.1. The topological polar surface area (TPSA) is 74.4 Å². The van der Waals surface area contributed by atoms with Gasteiger partial charge in [-0.1, -0.05) is 6.07 Å². The normalized spacial score (nSPS) is 24.5. The third-order valence-electron chi connectivity index (χ3n) is 4.99. The number of piperidine rings is 1. The molecule has 0 bridgehead atoms. The van der Waals surface area contributed by atoms with Crippen LogP contribution in [0.3, 0.4) is 0 Å². The van der Waals surface area contributed by atoms with Gasteiger partial charge in [0.25, 0.3) is 5.92 Å². The Kier molecular flexibility index (Phi) is 3.36. The average Bonchev–Trinajstić information content (AvgIpc) is 3.00. The lowest BCUT2D eigenvalue weighted by molar-refractivity contribution is -0.0425. The second kappa shape index (κ2) is 5.22. The number of aliphatic hydroxyl groups excluding tert-OH is 1. The SMILES string of the molecule is Cc1nc(N2CC3C(C2)C3(F)F)ccc1Cn1cc(C(O)O)cn1. The summed E-state index contributed by atoms with van der Waals surface area (Å²) in [4.78, 5) is 6.45. The number of fused-ring (bicyclic) bond motifs is 1. The smallest absolute Gasteiger partial charge is 0.258 e. The highest BCUT2D eigenvalue weighted by Gasteiger charge is 2.71. The van der Waals surface area contributed by atoms with E-state index >= 15 is 0 Å². The first kappa shape index (κ1) is 15.5. The Balaban J connectivity index is 1.46. The number of hydrogen-bond donors (Lipinski definition) is 2. The quantitative estimate of drug-likeness (QED) is 0.824. The maximum absolute atomic E-state index is 13.3. The molecule has 1 aliphatic carbocycles. The van der Waals surface area contributed by atoms with E-state index in [2.05, 4.69) is 10.1 Å². The minimum atomic E-state index is -2.49. The van der Waals surface area contributed by atoms with Crippen LogP contribution in [-0.2, 0) is 6.54 Å². The van der Waals surface area contributed by atoms with Gasteiger partial charge >= 0.3 is 0 Å². The maximum atomic E-state index is 13.3. The summed E-state index contributed by atoms with van der Waals surface area (Å²) in [5.41, 5.74) is 2.08. The minimum Gasteiger partial charge on any atom is -0.364 e. The van der Waals surface area contributed by atoms with Gasteiger partial charge in [-0.3, -0.25) is 4.68 Å². The molecular formula is C16H18F2N4O2. The zero-order valence-electron chi connectivity index (χ0n) is 13.1. The monoisotopic (exact) mass is 336 g/mol. The number of rotatable bonds is 4. The first-order valence-electron chi connectivity index (χ1n) is 7.84. The largest absolute Gasteiger partial charge is 0.364 e. The molecular weight excluding hydrogens is 318 g/mol. The van der Waals surface area contributed by atoms with E-state index in [9.17, 15) is 8.78 Å². The highest BCUT2D eigenvalue weighted by Crippen LogP contribution is 2.59. The van der Waals surface area contributed by atoms with Crippen LogP contribution in [0.1, 0.15) is 23.1 Å². The fourth-order valence-corrected chi connectivity index (χ4v) is 3.39. The molecule has 3 heterocycles. The summed E-state index contributed by atoms with van der Waals surface area (Å²) in [6, 6.07) is 3.76. The molecule has 128 valence electrons. The minimum absolute atomic E-state index is 0.328. The lowest BCUT2D eigenvalue weighted by Gasteiger charge is -2.21. The van der Waals surface area contributed by atoms with Crippen molar-refractivity contribution in [2.75, 3.05) is 18.0 Å². The van der Waals surface area contributed by atoms with Gasteiger partial charge in [0.1, 0.15) is 5.82 Å². The Morgan fingerprint density at radius 1 is 1.29 bits per heavy atom. The van der Waals surface area contributed by atoms with Gasteiger partial charge < -0.3 is 15.1 Å². The fraction of sp³-hybridized carbons (Fsp3) is 0.500. The number of hydrogen-bond acceptors (Lipinski definition) is 5. The summed E-state index contributed by atoms with van der Waals surface area (Å²) in [5, 5.41) is 22.3. The van der Waals surface area contributed by atoms with E-state index in [4.69, 9.17) is 10.2 Å². The van der Waals surface area contributed by atoms with Gasteiger partial charge in [0.05, 0.1) is 24.6 Å². The van der Waals surface area contributed by atoms with E-state index < -0.39 is 24.0 Å². The molecule has 1 saturated heterocycles. The molecule has 2 aromatic rings. The molecule has 0 radical (unpaired) electrons. The Hall–Kier alpha value is -2.06. The van der Waals surface area contributed by atoms with Gasteiger partial charge in [0.15, 0.2) is 6.29 Å². The van der Waals surface area contributed by atoms with Crippen LogP contribution in [0.2, 0.25) is 0 Å². The number of alkyl halides is 2. The molecule has 6 nitrogen and oxygen atoms in total. The zero-order valence-corrected chi connectivity index (χ0v) is 13.1. The molecule has 2 fully saturated rings. The molecule has 1 aliphatic heterocycles. The van der Waals surface area contributed by atoms with Crippen LogP contribution in [0.15, 0.2) is 24.5 Å². The molecule has 0 aromatic carbocycles. The number of aliphatic hydroxyl groups is 2. The first-order chi connectivity index (χ1) is 11.4. The summed E-state index contributed by atoms with van der Waals surface area (Å²) in [7, 11) is 0. The van der Waals surface area contributed by atoms with E-state index in [1.54, 1.807) is 10.9 Å². The maximum Gasteiger partial charge on any atom is 0.258 e. The molecule has 2 unspecified atom stereocenters. The highest BCUT2D eigenvalue weighted by atomic mass is 19.3. The number of anilines is 1. The molecule has 8 heteroatoms. The Morgan fingerprint density at radius 3 is 2.58 bits per heavy atom. The number of nitrogens with zero attached hydrogens (tertiary/aromatic N) is 4. The molecule has 2 atom stereocenters. The molecule has 2 aliphatic rings. The van der Waals surface area contributed by atoms with E-state index in [1.807, 2.05) is 24.0 Å². The Labute approximate surface area is 137 Å². The van der Waals surface area contributed by atoms with Crippen molar-refractivity contribution in [1.29, 1.82) is 0 Å². The number of halogens is 2. The van der Waals surface area contributed by atoms with Gasteiger partial charge in [0, 0.05) is 30.5 Å². The van der Waals surface area contributed by atoms with Crippen molar-refractivity contribution in [2.45, 2.75) is 25.7 Å². The predicted octanol–water partition coefficient (Wildman–Crippen LogP) is 1.32. The van der Waals surface area contributed by atoms with Crippen LogP contribution in [0, 0.1) is 18.8 Å². The summed E-state index contributed by atoms with van der Waals surface area (Å²) in [5.74, 6) is -2.80. The summed E-state index contributed by atoms with van der Waals surface area (Å²) >= 11 is 0. The van der Waals surface area contributed by atoms with E-state index in [-0.39, 0.29) is 0 Å². The second-order valence-corrected chi connectivity index (χ2v) is 6.55. The summed E-state index contributed by atoms with van der Waals surface area (Å²) in [6.07, 6.45) is 1.42. The standard InChI is InChI=1S/C16H18F2N4O2/c1-9-10(5-22-6-11(4-19-22)15(23)24)2-3-14(20-9)21-7-12-13(8-21)16(12,17)18/h2-4,6,12-13,15,23-24H,5,7-8H2,1H3. The van der Waals surface area contributed by atoms with Crippen LogP contribution >= 0.6 is 0 Å². The van der Waals surface area contributed by atoms with Crippen molar-refractivity contribution in [3.8, 4) is 0 Å². The van der Waals surface area contributed by atoms with Gasteiger partial charge in [-0.15, -0.1) is 0 Å². The van der Waals surface area contributed by atoms with Gasteiger partial charge in [-0.2, -0.15) is 5.10 Å². The second-order valence-electron chi connectivity index (χ2n) is 6.55. The Morgan fingerprint density at radius 2 is 2.00 bits per heavy atom. The number of pyridine rings is 1. The molecule has 0 amide bonds. The van der Waals surface area contributed by atoms with E-state index in [0.717, 1.165) is 17.1 Å². The van der Waals surface area contributed by atoms with Crippen LogP contribution in [0.4, 0.5) is 14.6 Å². The van der Waals surface area contributed by atoms with Crippen LogP contribution < -0.4 is 4.90 Å². The van der Waals surface area contributed by atoms with Crippen molar-refractivity contribution in [2.24, 2.45) is 11.8 Å². The number of aromatic nitrogens is 3. The Bertz CT molecular complexity index is 763. The van der Waals surface area contributed by atoms with E-state index in [1.165, 1.54) is 6.20 Å². The highest BCUT2D eigenvalue weighted by molar-refractivity contribution is 5.45. The van der Waals surface area contributed by atoms with Crippen molar-refractivity contribution in [3.05, 3.63) is 41.3 Å². The molecule has 4 rings (SSSR count). The lowest BCUT2D eigenvalue weighted by Crippen LogP contribution is -2.28. The fourth-order valence-electron chi connectivity index (χ4n) is 3.39. The molecule has 24 heavy (non-hydrogen) atoms. The lowest BCUT2D eigenvalue weighted by atomic mass is 10.2. The molecule has 2 aromatic heterocycles. The third kappa shape index (κ3) is 2.46. The van der Waals surface area contributed by atoms with Gasteiger partial charge in [-0.05, 0) is 18.6 Å². The van der Waals surface area contributed by atoms with Gasteiger partial charge in [0.2, 0.25) is 0 Å². The molecule has 1 saturated carbocycles. The first-order valence-corrected chi connectivity index (χ1v) is 7.84. The van der Waals surface area contributed by atoms with Gasteiger partial charge in [-0.25, -0.2) is 13.8 Å². The van der Waals surface area contributed by atoms with Crippen molar-refractivity contribution in [3.63, 3.8) is 0 Å². The average molecular weight is 336 g/mol. The van der Waals surface area contributed by atoms with Crippen LogP contribution in [0.25, 0.3) is 0 Å². The van der Waals surface area contributed by atoms with Crippen LogP contribution in [-0.4, -0.2) is 44.0 Å². The number of aryl methyl sites for hydroxylation is 1. The third-order valence-corrected chi connectivity index (χ3v) is 4.99. The van der Waals surface area contributed by atoms with Crippen molar-refractivity contribution >= 4 is 5.82 Å². The summed E-state index contributed by atoms with van der Waals surface area (Å²) < 4.78 is 28.2. The van der Waals surface area contributed by atoms with Crippen molar-refractivity contribution in [1.82, 2.24) is 14.8 Å². The predicted molar refractivity (Wildman–Crippen MR) is 81.6 cm³/mol. The van der Waals surface area contributed by atoms with Crippen LogP contribution in [0.5, 0.6) is 0 Å². The van der Waals surface area contributed by atoms with Crippen molar-refractivity contribution < 1.29 is 19.0 Å². The summed E-state index contributed by atoms with van der Waals surface area (Å²) in [6.45, 7) is 3.05. The molecule has 2 N–H and O–H groups in total. The molecule has 0 spiro atoms. The van der Waals surface area contributed by atoms with E-state index in [0.29, 0.717) is 25.2 Å².